The molecule has 0 aromatic heterocycles. The highest BCUT2D eigenvalue weighted by Gasteiger charge is 2.45. The van der Waals surface area contributed by atoms with Crippen LogP contribution in [0.25, 0.3) is 0 Å². The lowest BCUT2D eigenvalue weighted by atomic mass is 9.66. The molecule has 126 valence electrons. The van der Waals surface area contributed by atoms with Gasteiger partial charge in [0, 0.05) is 18.0 Å². The molecule has 23 heavy (non-hydrogen) atoms. The number of halogens is 1. The molecule has 1 aliphatic rings. The SMILES string of the molecule is CCOc1ccc(Cl)cc1CCNC(=O)CC1(C(=O)O)CCC1. The number of benzene rings is 1. The van der Waals surface area contributed by atoms with E-state index in [-0.39, 0.29) is 12.3 Å². The first-order valence-corrected chi connectivity index (χ1v) is 8.26. The van der Waals surface area contributed by atoms with Crippen LogP contribution in [0, 0.1) is 5.41 Å². The van der Waals surface area contributed by atoms with Gasteiger partial charge in [-0.2, -0.15) is 0 Å². The molecule has 6 heteroatoms. The summed E-state index contributed by atoms with van der Waals surface area (Å²) in [5.74, 6) is -0.327. The number of hydrogen-bond donors (Lipinski definition) is 2. The zero-order chi connectivity index (χ0) is 16.9. The van der Waals surface area contributed by atoms with Crippen molar-refractivity contribution in [2.24, 2.45) is 5.41 Å². The molecule has 5 nitrogen and oxygen atoms in total. The molecule has 0 atom stereocenters. The monoisotopic (exact) mass is 339 g/mol. The third-order valence-corrected chi connectivity index (χ3v) is 4.54. The molecule has 1 saturated carbocycles. The van der Waals surface area contributed by atoms with Crippen molar-refractivity contribution in [3.8, 4) is 5.75 Å². The molecule has 1 fully saturated rings. The Labute approximate surface area is 141 Å². The summed E-state index contributed by atoms with van der Waals surface area (Å²) in [5, 5.41) is 12.7. The summed E-state index contributed by atoms with van der Waals surface area (Å²) < 4.78 is 5.54. The molecule has 2 rings (SSSR count). The van der Waals surface area contributed by atoms with E-state index < -0.39 is 11.4 Å². The van der Waals surface area contributed by atoms with E-state index in [0.717, 1.165) is 17.7 Å². The molecular formula is C17H22ClNO4. The van der Waals surface area contributed by atoms with Crippen molar-refractivity contribution in [1.29, 1.82) is 0 Å². The second-order valence-corrected chi connectivity index (χ2v) is 6.34. The Bertz CT molecular complexity index is 584. The van der Waals surface area contributed by atoms with E-state index in [0.29, 0.717) is 37.4 Å². The third-order valence-electron chi connectivity index (χ3n) is 4.30. The van der Waals surface area contributed by atoms with Gasteiger partial charge in [-0.05, 0) is 49.9 Å². The first-order chi connectivity index (χ1) is 11.0. The fourth-order valence-electron chi connectivity index (χ4n) is 2.82. The fourth-order valence-corrected chi connectivity index (χ4v) is 3.01. The average Bonchev–Trinajstić information content (AvgIpc) is 2.45. The summed E-state index contributed by atoms with van der Waals surface area (Å²) >= 11 is 6.00. The van der Waals surface area contributed by atoms with Gasteiger partial charge in [0.15, 0.2) is 0 Å². The topological polar surface area (TPSA) is 75.6 Å². The second kappa shape index (κ2) is 7.68. The van der Waals surface area contributed by atoms with E-state index in [1.54, 1.807) is 6.07 Å². The fraction of sp³-hybridized carbons (Fsp3) is 0.529. The minimum Gasteiger partial charge on any atom is -0.494 e. The van der Waals surface area contributed by atoms with E-state index in [1.807, 2.05) is 19.1 Å². The minimum atomic E-state index is -0.868. The van der Waals surface area contributed by atoms with Gasteiger partial charge in [0.2, 0.25) is 5.91 Å². The molecular weight excluding hydrogens is 318 g/mol. The van der Waals surface area contributed by atoms with Gasteiger partial charge in [0.25, 0.3) is 0 Å². The number of carboxylic acids is 1. The van der Waals surface area contributed by atoms with E-state index in [4.69, 9.17) is 16.3 Å². The van der Waals surface area contributed by atoms with Crippen LogP contribution in [0.1, 0.15) is 38.2 Å². The number of nitrogens with one attached hydrogen (secondary N) is 1. The van der Waals surface area contributed by atoms with E-state index >= 15 is 0 Å². The van der Waals surface area contributed by atoms with Crippen LogP contribution in [-0.2, 0) is 16.0 Å². The summed E-state index contributed by atoms with van der Waals surface area (Å²) in [7, 11) is 0. The lowest BCUT2D eigenvalue weighted by Crippen LogP contribution is -2.42. The first kappa shape index (κ1) is 17.6. The number of hydrogen-bond acceptors (Lipinski definition) is 3. The maximum atomic E-state index is 12.0. The molecule has 2 N–H and O–H groups in total. The van der Waals surface area contributed by atoms with Gasteiger partial charge in [-0.15, -0.1) is 0 Å². The van der Waals surface area contributed by atoms with Crippen LogP contribution in [-0.4, -0.2) is 30.1 Å². The number of aliphatic carboxylic acids is 1. The van der Waals surface area contributed by atoms with E-state index in [1.165, 1.54) is 0 Å². The Morgan fingerprint density at radius 2 is 2.13 bits per heavy atom. The highest BCUT2D eigenvalue weighted by Crippen LogP contribution is 2.44. The molecule has 0 aliphatic heterocycles. The van der Waals surface area contributed by atoms with E-state index in [9.17, 15) is 14.7 Å². The Morgan fingerprint density at radius 1 is 1.39 bits per heavy atom. The summed E-state index contributed by atoms with van der Waals surface area (Å²) in [4.78, 5) is 23.3. The summed E-state index contributed by atoms with van der Waals surface area (Å²) in [6.07, 6.45) is 2.68. The quantitative estimate of drug-likeness (QED) is 0.763. The van der Waals surface area contributed by atoms with Crippen molar-refractivity contribution >= 4 is 23.5 Å². The van der Waals surface area contributed by atoms with Crippen molar-refractivity contribution in [3.63, 3.8) is 0 Å². The van der Waals surface area contributed by atoms with Gasteiger partial charge in [-0.25, -0.2) is 0 Å². The predicted octanol–water partition coefficient (Wildman–Crippen LogP) is 3.04. The smallest absolute Gasteiger partial charge is 0.310 e. The summed E-state index contributed by atoms with van der Waals surface area (Å²) in [6, 6.07) is 5.40. The maximum Gasteiger partial charge on any atom is 0.310 e. The Balaban J connectivity index is 1.86. The van der Waals surface area contributed by atoms with E-state index in [2.05, 4.69) is 5.32 Å². The standard InChI is InChI=1S/C17H22ClNO4/c1-2-23-14-5-4-13(18)10-12(14)6-9-19-15(20)11-17(16(21)22)7-3-8-17/h4-5,10H,2-3,6-9,11H2,1H3,(H,19,20)(H,21,22). The van der Waals surface area contributed by atoms with Crippen molar-refractivity contribution < 1.29 is 19.4 Å². The molecule has 0 bridgehead atoms. The van der Waals surface area contributed by atoms with Crippen LogP contribution in [0.3, 0.4) is 0 Å². The van der Waals surface area contributed by atoms with Crippen LogP contribution >= 0.6 is 11.6 Å². The first-order valence-electron chi connectivity index (χ1n) is 7.88. The number of carbonyl (C=O) groups is 2. The van der Waals surface area contributed by atoms with Gasteiger partial charge < -0.3 is 15.2 Å². The molecule has 1 aromatic rings. The molecule has 1 aliphatic carbocycles. The number of carboxylic acid groups (broad SMARTS) is 1. The molecule has 0 saturated heterocycles. The zero-order valence-corrected chi connectivity index (χ0v) is 14.0. The third kappa shape index (κ3) is 4.38. The van der Waals surface area contributed by atoms with Gasteiger partial charge in [0.1, 0.15) is 5.75 Å². The normalized spacial score (nSPS) is 15.6. The number of amides is 1. The molecule has 0 radical (unpaired) electrons. The summed E-state index contributed by atoms with van der Waals surface area (Å²) in [5.41, 5.74) is 0.0765. The van der Waals surface area contributed by atoms with Gasteiger partial charge in [0.05, 0.1) is 12.0 Å². The number of ether oxygens (including phenoxy) is 1. The van der Waals surface area contributed by atoms with Crippen LogP contribution in [0.4, 0.5) is 0 Å². The largest absolute Gasteiger partial charge is 0.494 e. The predicted molar refractivity (Wildman–Crippen MR) is 87.9 cm³/mol. The van der Waals surface area contributed by atoms with Crippen molar-refractivity contribution in [2.45, 2.75) is 39.0 Å². The van der Waals surface area contributed by atoms with Crippen LogP contribution < -0.4 is 10.1 Å². The van der Waals surface area contributed by atoms with Crippen LogP contribution in [0.5, 0.6) is 5.75 Å². The molecule has 1 amide bonds. The number of rotatable bonds is 8. The Kier molecular flexibility index (Phi) is 5.88. The van der Waals surface area contributed by atoms with Crippen LogP contribution in [0.2, 0.25) is 5.02 Å². The van der Waals surface area contributed by atoms with Gasteiger partial charge >= 0.3 is 5.97 Å². The molecule has 0 unspecified atom stereocenters. The highest BCUT2D eigenvalue weighted by molar-refractivity contribution is 6.30. The highest BCUT2D eigenvalue weighted by atomic mass is 35.5. The second-order valence-electron chi connectivity index (χ2n) is 5.90. The van der Waals surface area contributed by atoms with Gasteiger partial charge in [-0.1, -0.05) is 18.0 Å². The maximum absolute atomic E-state index is 12.0. The molecule has 0 heterocycles. The van der Waals surface area contributed by atoms with Gasteiger partial charge in [-0.3, -0.25) is 9.59 Å². The van der Waals surface area contributed by atoms with Crippen molar-refractivity contribution in [2.75, 3.05) is 13.2 Å². The van der Waals surface area contributed by atoms with Crippen molar-refractivity contribution in [3.05, 3.63) is 28.8 Å². The molecule has 0 spiro atoms. The zero-order valence-electron chi connectivity index (χ0n) is 13.2. The minimum absolute atomic E-state index is 0.0518. The lowest BCUT2D eigenvalue weighted by Gasteiger charge is -2.36. The number of carbonyl (C=O) groups excluding carboxylic acids is 1. The Morgan fingerprint density at radius 3 is 2.70 bits per heavy atom. The van der Waals surface area contributed by atoms with Crippen LogP contribution in [0.15, 0.2) is 18.2 Å². The average molecular weight is 340 g/mol. The molecule has 1 aromatic carbocycles. The Hall–Kier alpha value is -1.75. The lowest BCUT2D eigenvalue weighted by molar-refractivity contribution is -0.157. The van der Waals surface area contributed by atoms with Crippen molar-refractivity contribution in [1.82, 2.24) is 5.32 Å². The summed E-state index contributed by atoms with van der Waals surface area (Å²) in [6.45, 7) is 2.89.